The summed E-state index contributed by atoms with van der Waals surface area (Å²) in [5.41, 5.74) is 2.30. The highest BCUT2D eigenvalue weighted by atomic mass is 35.5. The minimum atomic E-state index is 0. The molecule has 0 spiro atoms. The number of halogens is 1. The summed E-state index contributed by atoms with van der Waals surface area (Å²) in [5.74, 6) is 0.863. The van der Waals surface area contributed by atoms with E-state index >= 15 is 0 Å². The Balaban J connectivity index is 0.00000192. The van der Waals surface area contributed by atoms with E-state index in [-0.39, 0.29) is 24.1 Å². The number of aryl methyl sites for hydroxylation is 2. The summed E-state index contributed by atoms with van der Waals surface area (Å²) in [5, 5.41) is 7.78. The fourth-order valence-electron chi connectivity index (χ4n) is 3.93. The van der Waals surface area contributed by atoms with Crippen LogP contribution in [-0.2, 0) is 11.3 Å². The number of likely N-dealkylation sites (tertiary alicyclic amines) is 1. The molecule has 0 unspecified atom stereocenters. The van der Waals surface area contributed by atoms with Gasteiger partial charge in [0, 0.05) is 44.3 Å². The lowest BCUT2D eigenvalue weighted by atomic mass is 10.1. The lowest BCUT2D eigenvalue weighted by Crippen LogP contribution is -2.39. The predicted octanol–water partition coefficient (Wildman–Crippen LogP) is 1.33. The first-order valence-electron chi connectivity index (χ1n) is 8.04. The Bertz CT molecular complexity index is 613. The molecule has 0 bridgehead atoms. The van der Waals surface area contributed by atoms with Crippen molar-refractivity contribution in [3.05, 3.63) is 17.0 Å². The number of hydrogen-bond donors (Lipinski definition) is 1. The van der Waals surface area contributed by atoms with E-state index in [4.69, 9.17) is 0 Å². The third kappa shape index (κ3) is 3.28. The van der Waals surface area contributed by atoms with E-state index in [1.165, 1.54) is 0 Å². The Kier molecular flexibility index (Phi) is 5.47. The maximum absolute atomic E-state index is 12.5. The lowest BCUT2D eigenvalue weighted by Gasteiger charge is -2.23. The number of carbonyl (C=O) groups is 2. The first-order chi connectivity index (χ1) is 10.5. The molecule has 0 radical (unpaired) electrons. The largest absolute Gasteiger partial charge is 0.338 e. The third-order valence-electron chi connectivity index (χ3n) is 5.04. The van der Waals surface area contributed by atoms with Gasteiger partial charge in [0.1, 0.15) is 0 Å². The summed E-state index contributed by atoms with van der Waals surface area (Å²) in [6.07, 6.45) is 1.56. The summed E-state index contributed by atoms with van der Waals surface area (Å²) in [7, 11) is 0. The van der Waals surface area contributed by atoms with Gasteiger partial charge in [-0.1, -0.05) is 0 Å². The monoisotopic (exact) mass is 340 g/mol. The van der Waals surface area contributed by atoms with Crippen molar-refractivity contribution in [1.82, 2.24) is 20.0 Å². The van der Waals surface area contributed by atoms with Crippen LogP contribution < -0.4 is 5.32 Å². The number of Topliss-reactive ketones (excluding diaryl/α,β-unsaturated/α-hetero) is 1. The zero-order valence-corrected chi connectivity index (χ0v) is 14.8. The predicted molar refractivity (Wildman–Crippen MR) is 90.0 cm³/mol. The van der Waals surface area contributed by atoms with Gasteiger partial charge in [-0.2, -0.15) is 5.10 Å². The van der Waals surface area contributed by atoms with Crippen molar-refractivity contribution in [1.29, 1.82) is 0 Å². The summed E-state index contributed by atoms with van der Waals surface area (Å²) in [4.78, 5) is 26.2. The number of amides is 1. The summed E-state index contributed by atoms with van der Waals surface area (Å²) in [6.45, 7) is 8.68. The second-order valence-corrected chi connectivity index (χ2v) is 6.44. The van der Waals surface area contributed by atoms with Gasteiger partial charge in [-0.05, 0) is 33.1 Å². The van der Waals surface area contributed by atoms with Crippen LogP contribution in [-0.4, -0.2) is 52.0 Å². The van der Waals surface area contributed by atoms with E-state index < -0.39 is 0 Å². The minimum absolute atomic E-state index is 0. The van der Waals surface area contributed by atoms with Crippen molar-refractivity contribution in [2.24, 2.45) is 5.92 Å². The number of rotatable bonds is 4. The Morgan fingerprint density at radius 2 is 2.04 bits per heavy atom. The van der Waals surface area contributed by atoms with Crippen LogP contribution >= 0.6 is 12.4 Å². The van der Waals surface area contributed by atoms with Gasteiger partial charge in [0.2, 0.25) is 5.91 Å². The number of carbonyl (C=O) groups excluding carboxylic acids is 2. The van der Waals surface area contributed by atoms with Gasteiger partial charge in [0.15, 0.2) is 5.78 Å². The van der Waals surface area contributed by atoms with E-state index in [0.717, 1.165) is 37.4 Å². The molecule has 1 N–H and O–H groups in total. The molecule has 2 aliphatic heterocycles. The van der Waals surface area contributed by atoms with Crippen LogP contribution in [0.15, 0.2) is 0 Å². The molecule has 0 saturated carbocycles. The Morgan fingerprint density at radius 3 is 2.70 bits per heavy atom. The van der Waals surface area contributed by atoms with Crippen molar-refractivity contribution in [2.45, 2.75) is 46.2 Å². The highest BCUT2D eigenvalue weighted by Gasteiger charge is 2.39. The van der Waals surface area contributed by atoms with Crippen LogP contribution in [0.3, 0.4) is 0 Å². The van der Waals surface area contributed by atoms with Crippen LogP contribution in [0.5, 0.6) is 0 Å². The molecule has 0 aliphatic carbocycles. The van der Waals surface area contributed by atoms with Crippen molar-refractivity contribution in [2.75, 3.05) is 19.6 Å². The van der Waals surface area contributed by atoms with Gasteiger partial charge in [-0.3, -0.25) is 14.3 Å². The van der Waals surface area contributed by atoms with Crippen molar-refractivity contribution >= 4 is 24.1 Å². The number of aromatic nitrogens is 2. The van der Waals surface area contributed by atoms with Crippen LogP contribution in [0, 0.1) is 19.8 Å². The number of nitrogens with one attached hydrogen (secondary N) is 1. The quantitative estimate of drug-likeness (QED) is 0.840. The van der Waals surface area contributed by atoms with Gasteiger partial charge in [-0.25, -0.2) is 0 Å². The second-order valence-electron chi connectivity index (χ2n) is 6.44. The molecule has 2 saturated heterocycles. The third-order valence-corrected chi connectivity index (χ3v) is 5.04. The highest BCUT2D eigenvalue weighted by Crippen LogP contribution is 2.27. The van der Waals surface area contributed by atoms with E-state index in [9.17, 15) is 9.59 Å². The van der Waals surface area contributed by atoms with Crippen LogP contribution in [0.2, 0.25) is 0 Å². The van der Waals surface area contributed by atoms with E-state index in [0.29, 0.717) is 30.5 Å². The fourth-order valence-corrected chi connectivity index (χ4v) is 3.93. The molecular formula is C16H25ClN4O2. The summed E-state index contributed by atoms with van der Waals surface area (Å²) in [6, 6.07) is 0.376. The van der Waals surface area contributed by atoms with Crippen molar-refractivity contribution < 1.29 is 9.59 Å². The molecular weight excluding hydrogens is 316 g/mol. The summed E-state index contributed by atoms with van der Waals surface area (Å²) < 4.78 is 1.80. The average molecular weight is 341 g/mol. The molecule has 3 rings (SSSR count). The molecule has 2 atom stereocenters. The van der Waals surface area contributed by atoms with Gasteiger partial charge in [0.05, 0.1) is 11.3 Å². The van der Waals surface area contributed by atoms with E-state index in [1.54, 1.807) is 11.6 Å². The lowest BCUT2D eigenvalue weighted by molar-refractivity contribution is -0.132. The zero-order valence-electron chi connectivity index (χ0n) is 14.0. The number of hydrogen-bond acceptors (Lipinski definition) is 4. The molecule has 1 amide bonds. The molecule has 6 nitrogen and oxygen atoms in total. The van der Waals surface area contributed by atoms with E-state index in [1.807, 2.05) is 18.7 Å². The minimum Gasteiger partial charge on any atom is -0.338 e. The zero-order chi connectivity index (χ0) is 15.9. The topological polar surface area (TPSA) is 67.2 Å². The first kappa shape index (κ1) is 17.9. The molecule has 128 valence electrons. The SMILES string of the molecule is CC(=O)c1c(C)nn(CCC(=O)N2CC[C@H]3CNC[C@H]32)c1C.Cl. The first-order valence-corrected chi connectivity index (χ1v) is 8.04. The standard InChI is InChI=1S/C16H24N4O2.ClH/c1-10-16(12(3)21)11(2)20(18-10)7-5-15(22)19-6-4-13-8-17-9-14(13)19;/h13-14,17H,4-9H2,1-3H3;1H/t13-,14+;/m0./s1. The molecule has 23 heavy (non-hydrogen) atoms. The van der Waals surface area contributed by atoms with E-state index in [2.05, 4.69) is 10.4 Å². The Hall–Kier alpha value is -1.40. The molecule has 1 aromatic rings. The molecule has 2 fully saturated rings. The maximum atomic E-state index is 12.5. The number of fused-ring (bicyclic) bond motifs is 1. The van der Waals surface area contributed by atoms with Gasteiger partial charge in [0.25, 0.3) is 0 Å². The maximum Gasteiger partial charge on any atom is 0.224 e. The number of ketones is 1. The Morgan fingerprint density at radius 1 is 1.30 bits per heavy atom. The highest BCUT2D eigenvalue weighted by molar-refractivity contribution is 5.96. The normalized spacial score (nSPS) is 22.8. The fraction of sp³-hybridized carbons (Fsp3) is 0.688. The smallest absolute Gasteiger partial charge is 0.224 e. The summed E-state index contributed by atoms with van der Waals surface area (Å²) >= 11 is 0. The van der Waals surface area contributed by atoms with Gasteiger partial charge >= 0.3 is 0 Å². The molecule has 7 heteroatoms. The molecule has 1 aromatic heterocycles. The van der Waals surface area contributed by atoms with Crippen LogP contribution in [0.4, 0.5) is 0 Å². The van der Waals surface area contributed by atoms with Crippen molar-refractivity contribution in [3.63, 3.8) is 0 Å². The molecule has 3 heterocycles. The van der Waals surface area contributed by atoms with Crippen LogP contribution in [0.25, 0.3) is 0 Å². The van der Waals surface area contributed by atoms with Gasteiger partial charge < -0.3 is 10.2 Å². The van der Waals surface area contributed by atoms with Gasteiger partial charge in [-0.15, -0.1) is 12.4 Å². The molecule has 0 aromatic carbocycles. The van der Waals surface area contributed by atoms with Crippen molar-refractivity contribution in [3.8, 4) is 0 Å². The number of nitrogens with zero attached hydrogens (tertiary/aromatic N) is 3. The average Bonchev–Trinajstić information content (AvgIpc) is 3.10. The second kappa shape index (κ2) is 7.01. The Labute approximate surface area is 143 Å². The van der Waals surface area contributed by atoms with Crippen LogP contribution in [0.1, 0.15) is 41.5 Å². The molecule has 2 aliphatic rings.